The van der Waals surface area contributed by atoms with Crippen LogP contribution in [0.15, 0.2) is 0 Å². The van der Waals surface area contributed by atoms with Gasteiger partial charge in [0.2, 0.25) is 0 Å². The number of alkyl halides is 2. The summed E-state index contributed by atoms with van der Waals surface area (Å²) in [6.07, 6.45) is 0. The van der Waals surface area contributed by atoms with Crippen molar-refractivity contribution in [2.45, 2.75) is 5.76 Å². The molecule has 0 spiro atoms. The van der Waals surface area contributed by atoms with Crippen LogP contribution in [-0.4, -0.2) is 38.2 Å². The Morgan fingerprint density at radius 2 is 2.09 bits per heavy atom. The maximum atomic E-state index is 11.8. The second-order valence-electron chi connectivity index (χ2n) is 2.14. The Morgan fingerprint density at radius 1 is 1.45 bits per heavy atom. The molecule has 1 fully saturated rings. The van der Waals surface area contributed by atoms with Gasteiger partial charge in [0, 0.05) is 13.1 Å². The van der Waals surface area contributed by atoms with Crippen LogP contribution in [0.5, 0.6) is 0 Å². The zero-order valence-corrected chi connectivity index (χ0v) is 6.44. The van der Waals surface area contributed by atoms with E-state index < -0.39 is 15.8 Å². The summed E-state index contributed by atoms with van der Waals surface area (Å²) in [5, 5.41) is 2.65. The molecule has 0 atom stereocenters. The zero-order valence-electron chi connectivity index (χ0n) is 5.63. The minimum atomic E-state index is -4.34. The van der Waals surface area contributed by atoms with E-state index >= 15 is 0 Å². The van der Waals surface area contributed by atoms with Crippen molar-refractivity contribution in [3.05, 3.63) is 0 Å². The molecule has 11 heavy (non-hydrogen) atoms. The van der Waals surface area contributed by atoms with Gasteiger partial charge in [0.15, 0.2) is 0 Å². The molecule has 0 aromatic rings. The summed E-state index contributed by atoms with van der Waals surface area (Å²) in [4.78, 5) is 0. The lowest BCUT2D eigenvalue weighted by Crippen LogP contribution is -2.34. The standard InChI is InChI=1S/C4H8F2N2O2S/c5-4(6)11(9,10)8-2-1-7-3-8/h4,7H,1-3H2. The van der Waals surface area contributed by atoms with Gasteiger partial charge in [0.1, 0.15) is 0 Å². The first kappa shape index (κ1) is 8.82. The lowest BCUT2D eigenvalue weighted by molar-refractivity contribution is 0.222. The molecule has 7 heteroatoms. The highest BCUT2D eigenvalue weighted by atomic mass is 32.2. The number of hydrogen-bond acceptors (Lipinski definition) is 3. The smallest absolute Gasteiger partial charge is 0.302 e. The summed E-state index contributed by atoms with van der Waals surface area (Å²) in [6.45, 7) is 0.561. The maximum absolute atomic E-state index is 11.8. The first-order valence-corrected chi connectivity index (χ1v) is 4.53. The van der Waals surface area contributed by atoms with Crippen LogP contribution < -0.4 is 5.32 Å². The van der Waals surface area contributed by atoms with Gasteiger partial charge >= 0.3 is 5.76 Å². The van der Waals surface area contributed by atoms with Gasteiger partial charge in [0.25, 0.3) is 10.0 Å². The first-order chi connectivity index (χ1) is 5.05. The van der Waals surface area contributed by atoms with E-state index in [0.29, 0.717) is 6.54 Å². The fourth-order valence-electron chi connectivity index (χ4n) is 0.816. The molecule has 1 aliphatic rings. The summed E-state index contributed by atoms with van der Waals surface area (Å²) in [7, 11) is -4.34. The average Bonchev–Trinajstić information content (AvgIpc) is 2.37. The lowest BCUT2D eigenvalue weighted by atomic mass is 10.7. The van der Waals surface area contributed by atoms with Crippen molar-refractivity contribution in [2.75, 3.05) is 19.8 Å². The molecule has 1 rings (SSSR count). The van der Waals surface area contributed by atoms with E-state index in [1.54, 1.807) is 0 Å². The quantitative estimate of drug-likeness (QED) is 0.626. The van der Waals surface area contributed by atoms with Gasteiger partial charge < -0.3 is 5.32 Å². The molecule has 0 aromatic heterocycles. The van der Waals surface area contributed by atoms with E-state index in [1.165, 1.54) is 0 Å². The molecule has 1 heterocycles. The summed E-state index contributed by atoms with van der Waals surface area (Å²) < 4.78 is 45.7. The molecule has 4 nitrogen and oxygen atoms in total. The van der Waals surface area contributed by atoms with Crippen LogP contribution in [-0.2, 0) is 10.0 Å². The summed E-state index contributed by atoms with van der Waals surface area (Å²) in [6, 6.07) is 0. The van der Waals surface area contributed by atoms with E-state index in [-0.39, 0.29) is 13.2 Å². The third kappa shape index (κ3) is 1.66. The van der Waals surface area contributed by atoms with Crippen molar-refractivity contribution in [3.8, 4) is 0 Å². The second-order valence-corrected chi connectivity index (χ2v) is 4.04. The Labute approximate surface area is 63.2 Å². The van der Waals surface area contributed by atoms with Gasteiger partial charge in [-0.15, -0.1) is 0 Å². The van der Waals surface area contributed by atoms with Crippen LogP contribution in [0, 0.1) is 0 Å². The molecule has 0 aliphatic carbocycles. The van der Waals surface area contributed by atoms with Crippen molar-refractivity contribution in [3.63, 3.8) is 0 Å². The summed E-state index contributed by atoms with van der Waals surface area (Å²) in [5.41, 5.74) is 0. The Balaban J connectivity index is 2.72. The monoisotopic (exact) mass is 186 g/mol. The van der Waals surface area contributed by atoms with Crippen molar-refractivity contribution in [2.24, 2.45) is 0 Å². The van der Waals surface area contributed by atoms with Crippen LogP contribution >= 0.6 is 0 Å². The number of halogens is 2. The molecule has 1 saturated heterocycles. The van der Waals surface area contributed by atoms with Crippen LogP contribution in [0.1, 0.15) is 0 Å². The largest absolute Gasteiger partial charge is 0.350 e. The number of rotatable bonds is 2. The van der Waals surface area contributed by atoms with Gasteiger partial charge in [-0.05, 0) is 0 Å². The third-order valence-corrected chi connectivity index (χ3v) is 2.89. The van der Waals surface area contributed by atoms with E-state index in [0.717, 1.165) is 4.31 Å². The predicted molar refractivity (Wildman–Crippen MR) is 34.5 cm³/mol. The molecule has 0 unspecified atom stereocenters. The molecule has 0 amide bonds. The highest BCUT2D eigenvalue weighted by Crippen LogP contribution is 2.11. The highest BCUT2D eigenvalue weighted by Gasteiger charge is 2.33. The van der Waals surface area contributed by atoms with Gasteiger partial charge in [-0.25, -0.2) is 8.42 Å². The normalized spacial score (nSPS) is 21.4. The Hall–Kier alpha value is -0.270. The Bertz CT molecular complexity index is 222. The van der Waals surface area contributed by atoms with Crippen LogP contribution in [0.25, 0.3) is 0 Å². The topological polar surface area (TPSA) is 49.4 Å². The Morgan fingerprint density at radius 3 is 2.45 bits per heavy atom. The zero-order chi connectivity index (χ0) is 8.48. The number of nitrogens with zero attached hydrogens (tertiary/aromatic N) is 1. The molecule has 66 valence electrons. The van der Waals surface area contributed by atoms with Crippen LogP contribution in [0.4, 0.5) is 8.78 Å². The van der Waals surface area contributed by atoms with E-state index in [4.69, 9.17) is 0 Å². The van der Waals surface area contributed by atoms with E-state index in [2.05, 4.69) is 5.32 Å². The SMILES string of the molecule is O=S(=O)(C(F)F)N1CCNC1. The van der Waals surface area contributed by atoms with Crippen molar-refractivity contribution < 1.29 is 17.2 Å². The van der Waals surface area contributed by atoms with Gasteiger partial charge in [0.05, 0.1) is 6.67 Å². The molecular formula is C4H8F2N2O2S. The van der Waals surface area contributed by atoms with Crippen molar-refractivity contribution >= 4 is 10.0 Å². The molecule has 1 aliphatic heterocycles. The fourth-order valence-corrected chi connectivity index (χ4v) is 1.66. The van der Waals surface area contributed by atoms with Crippen molar-refractivity contribution in [1.82, 2.24) is 9.62 Å². The number of sulfonamides is 1. The van der Waals surface area contributed by atoms with E-state index in [1.807, 2.05) is 0 Å². The molecule has 0 saturated carbocycles. The maximum Gasteiger partial charge on any atom is 0.350 e. The van der Waals surface area contributed by atoms with Gasteiger partial charge in [-0.2, -0.15) is 13.1 Å². The predicted octanol–water partition coefficient (Wildman–Crippen LogP) is -0.599. The lowest BCUT2D eigenvalue weighted by Gasteiger charge is -2.12. The minimum Gasteiger partial charge on any atom is -0.302 e. The minimum absolute atomic E-state index is 0.00727. The molecule has 1 N–H and O–H groups in total. The van der Waals surface area contributed by atoms with Gasteiger partial charge in [-0.3, -0.25) is 0 Å². The highest BCUT2D eigenvalue weighted by molar-refractivity contribution is 7.89. The molecular weight excluding hydrogens is 178 g/mol. The third-order valence-electron chi connectivity index (χ3n) is 1.41. The van der Waals surface area contributed by atoms with Gasteiger partial charge in [-0.1, -0.05) is 0 Å². The Kier molecular flexibility index (Phi) is 2.40. The van der Waals surface area contributed by atoms with E-state index in [9.17, 15) is 17.2 Å². The van der Waals surface area contributed by atoms with Crippen molar-refractivity contribution in [1.29, 1.82) is 0 Å². The summed E-state index contributed by atoms with van der Waals surface area (Å²) in [5.74, 6) is -3.30. The van der Waals surface area contributed by atoms with Crippen LogP contribution in [0.2, 0.25) is 0 Å². The molecule has 0 aromatic carbocycles. The summed E-state index contributed by atoms with van der Waals surface area (Å²) >= 11 is 0. The molecule has 0 bridgehead atoms. The fraction of sp³-hybridized carbons (Fsp3) is 1.00. The van der Waals surface area contributed by atoms with Crippen LogP contribution in [0.3, 0.4) is 0 Å². The first-order valence-electron chi connectivity index (χ1n) is 3.03. The number of hydrogen-bond donors (Lipinski definition) is 1. The molecule has 0 radical (unpaired) electrons. The average molecular weight is 186 g/mol. The second kappa shape index (κ2) is 3.00. The number of nitrogens with one attached hydrogen (secondary N) is 1.